The molecule has 6 heteroatoms. The molecule has 4 N–H and O–H groups in total. The van der Waals surface area contributed by atoms with Crippen LogP contribution in [0.4, 0.5) is 4.79 Å². The van der Waals surface area contributed by atoms with Crippen LogP contribution in [0.3, 0.4) is 0 Å². The van der Waals surface area contributed by atoms with Crippen molar-refractivity contribution in [2.24, 2.45) is 5.41 Å². The highest BCUT2D eigenvalue weighted by molar-refractivity contribution is 5.78. The lowest BCUT2D eigenvalue weighted by atomic mass is 9.82. The molecular weight excluding hydrogens is 260 g/mol. The van der Waals surface area contributed by atoms with Crippen LogP contribution in [0.15, 0.2) is 0 Å². The molecule has 0 radical (unpaired) electrons. The lowest BCUT2D eigenvalue weighted by Crippen LogP contribution is -2.51. The molecule has 2 unspecified atom stereocenters. The number of hydrogen-bond acceptors (Lipinski definition) is 3. The van der Waals surface area contributed by atoms with Gasteiger partial charge >= 0.3 is 12.0 Å². The summed E-state index contributed by atoms with van der Waals surface area (Å²) in [6, 6.07) is -0.630. The molecule has 1 rings (SSSR count). The summed E-state index contributed by atoms with van der Waals surface area (Å²) in [5, 5.41) is 24.4. The zero-order chi connectivity index (χ0) is 15.2. The van der Waals surface area contributed by atoms with Crippen molar-refractivity contribution < 1.29 is 19.8 Å². The number of rotatable bonds is 6. The van der Waals surface area contributed by atoms with Crippen LogP contribution in [0.5, 0.6) is 0 Å². The van der Waals surface area contributed by atoms with Crippen LogP contribution in [0.25, 0.3) is 0 Å². The fourth-order valence-corrected chi connectivity index (χ4v) is 2.63. The predicted molar refractivity (Wildman–Crippen MR) is 75.4 cm³/mol. The molecule has 0 heterocycles. The second-order valence-electron chi connectivity index (χ2n) is 5.58. The summed E-state index contributed by atoms with van der Waals surface area (Å²) in [5.74, 6) is -0.888. The summed E-state index contributed by atoms with van der Waals surface area (Å²) < 4.78 is 0. The summed E-state index contributed by atoms with van der Waals surface area (Å²) in [6.45, 7) is 3.72. The molecule has 1 saturated carbocycles. The predicted octanol–water partition coefficient (Wildman–Crippen LogP) is 1.48. The van der Waals surface area contributed by atoms with E-state index in [9.17, 15) is 19.8 Å². The Morgan fingerprint density at radius 3 is 2.30 bits per heavy atom. The van der Waals surface area contributed by atoms with Crippen molar-refractivity contribution in [1.29, 1.82) is 0 Å². The second kappa shape index (κ2) is 7.47. The van der Waals surface area contributed by atoms with Gasteiger partial charge in [0.05, 0.1) is 17.6 Å². The van der Waals surface area contributed by atoms with E-state index in [1.807, 2.05) is 13.8 Å². The number of carbonyl (C=O) groups excluding carboxylic acids is 1. The molecule has 116 valence electrons. The maximum absolute atomic E-state index is 11.8. The van der Waals surface area contributed by atoms with Gasteiger partial charge in [-0.25, -0.2) is 4.79 Å². The molecule has 0 aliphatic heterocycles. The summed E-state index contributed by atoms with van der Waals surface area (Å²) >= 11 is 0. The minimum atomic E-state index is -0.914. The van der Waals surface area contributed by atoms with Gasteiger partial charge in [0.1, 0.15) is 0 Å². The van der Waals surface area contributed by atoms with E-state index in [4.69, 9.17) is 0 Å². The molecule has 1 fully saturated rings. The molecule has 0 spiro atoms. The number of aliphatic hydroxyl groups excluding tert-OH is 1. The quantitative estimate of drug-likeness (QED) is 0.594. The highest BCUT2D eigenvalue weighted by Gasteiger charge is 2.35. The van der Waals surface area contributed by atoms with E-state index in [0.29, 0.717) is 19.3 Å². The van der Waals surface area contributed by atoms with Crippen molar-refractivity contribution in [3.63, 3.8) is 0 Å². The smallest absolute Gasteiger partial charge is 0.315 e. The first kappa shape index (κ1) is 16.8. The Morgan fingerprint density at radius 2 is 1.80 bits per heavy atom. The zero-order valence-corrected chi connectivity index (χ0v) is 12.3. The van der Waals surface area contributed by atoms with E-state index in [1.165, 1.54) is 0 Å². The van der Waals surface area contributed by atoms with E-state index < -0.39 is 23.5 Å². The zero-order valence-electron chi connectivity index (χ0n) is 12.3. The molecule has 0 saturated heterocycles. The Balaban J connectivity index is 2.47. The van der Waals surface area contributed by atoms with Crippen LogP contribution in [0.2, 0.25) is 0 Å². The third-order valence-electron chi connectivity index (χ3n) is 4.44. The second-order valence-corrected chi connectivity index (χ2v) is 5.58. The third kappa shape index (κ3) is 4.10. The van der Waals surface area contributed by atoms with Gasteiger partial charge < -0.3 is 20.8 Å². The standard InChI is InChI=1S/C14H26N2O4/c1-3-14(4-2,12(18)19)9-15-13(20)16-10-7-5-6-8-11(10)17/h10-11,17H,3-9H2,1-2H3,(H,18,19)(H2,15,16,20). The fourth-order valence-electron chi connectivity index (χ4n) is 2.63. The van der Waals surface area contributed by atoms with E-state index >= 15 is 0 Å². The fraction of sp³-hybridized carbons (Fsp3) is 0.857. The van der Waals surface area contributed by atoms with Crippen LogP contribution < -0.4 is 10.6 Å². The number of urea groups is 1. The SMILES string of the molecule is CCC(CC)(CNC(=O)NC1CCCCC1O)C(=O)O. The first-order valence-electron chi connectivity index (χ1n) is 7.41. The van der Waals surface area contributed by atoms with Crippen molar-refractivity contribution in [3.8, 4) is 0 Å². The van der Waals surface area contributed by atoms with Crippen molar-refractivity contribution in [3.05, 3.63) is 0 Å². The van der Waals surface area contributed by atoms with E-state index in [-0.39, 0.29) is 12.6 Å². The van der Waals surface area contributed by atoms with Crippen molar-refractivity contribution in [2.75, 3.05) is 6.54 Å². The van der Waals surface area contributed by atoms with Crippen LogP contribution in [-0.4, -0.2) is 40.9 Å². The molecule has 2 atom stereocenters. The maximum atomic E-state index is 11.8. The molecule has 0 aromatic carbocycles. The number of amides is 2. The van der Waals surface area contributed by atoms with Gasteiger partial charge in [0.15, 0.2) is 0 Å². The Bertz CT molecular complexity index is 342. The summed E-state index contributed by atoms with van der Waals surface area (Å²) in [7, 11) is 0. The minimum Gasteiger partial charge on any atom is -0.481 e. The Morgan fingerprint density at radius 1 is 1.20 bits per heavy atom. The highest BCUT2D eigenvalue weighted by atomic mass is 16.4. The molecular formula is C14H26N2O4. The summed E-state index contributed by atoms with van der Waals surface area (Å²) in [6.07, 6.45) is 3.86. The molecule has 1 aliphatic carbocycles. The van der Waals surface area contributed by atoms with Crippen LogP contribution in [0, 0.1) is 5.41 Å². The monoisotopic (exact) mass is 286 g/mol. The van der Waals surface area contributed by atoms with Gasteiger partial charge in [0.25, 0.3) is 0 Å². The lowest BCUT2D eigenvalue weighted by molar-refractivity contribution is -0.149. The van der Waals surface area contributed by atoms with Gasteiger partial charge in [-0.3, -0.25) is 4.79 Å². The average Bonchev–Trinajstić information content (AvgIpc) is 2.43. The number of carboxylic acids is 1. The van der Waals surface area contributed by atoms with Crippen LogP contribution in [0.1, 0.15) is 52.4 Å². The van der Waals surface area contributed by atoms with Crippen molar-refractivity contribution in [2.45, 2.75) is 64.5 Å². The lowest BCUT2D eigenvalue weighted by Gasteiger charge is -2.30. The Kier molecular flexibility index (Phi) is 6.26. The van der Waals surface area contributed by atoms with Gasteiger partial charge in [0.2, 0.25) is 0 Å². The number of aliphatic hydroxyl groups is 1. The van der Waals surface area contributed by atoms with Gasteiger partial charge in [-0.1, -0.05) is 26.7 Å². The van der Waals surface area contributed by atoms with Crippen molar-refractivity contribution >= 4 is 12.0 Å². The van der Waals surface area contributed by atoms with Gasteiger partial charge in [-0.05, 0) is 25.7 Å². The molecule has 0 aromatic heterocycles. The Labute approximate surface area is 119 Å². The van der Waals surface area contributed by atoms with Crippen LogP contribution >= 0.6 is 0 Å². The molecule has 20 heavy (non-hydrogen) atoms. The normalized spacial score (nSPS) is 23.1. The molecule has 2 amide bonds. The number of nitrogens with one attached hydrogen (secondary N) is 2. The maximum Gasteiger partial charge on any atom is 0.315 e. The van der Waals surface area contributed by atoms with E-state index in [2.05, 4.69) is 10.6 Å². The topological polar surface area (TPSA) is 98.7 Å². The van der Waals surface area contributed by atoms with E-state index in [0.717, 1.165) is 19.3 Å². The van der Waals surface area contributed by atoms with Crippen molar-refractivity contribution in [1.82, 2.24) is 10.6 Å². The van der Waals surface area contributed by atoms with Gasteiger partial charge in [0, 0.05) is 6.54 Å². The number of aliphatic carboxylic acids is 1. The first-order chi connectivity index (χ1) is 9.45. The largest absolute Gasteiger partial charge is 0.481 e. The number of hydrogen-bond donors (Lipinski definition) is 4. The minimum absolute atomic E-state index is 0.101. The molecule has 0 aromatic rings. The summed E-state index contributed by atoms with van der Waals surface area (Å²) in [5.41, 5.74) is -0.914. The molecule has 1 aliphatic rings. The number of carbonyl (C=O) groups is 2. The Hall–Kier alpha value is -1.30. The summed E-state index contributed by atoms with van der Waals surface area (Å²) in [4.78, 5) is 23.2. The van der Waals surface area contributed by atoms with Gasteiger partial charge in [-0.15, -0.1) is 0 Å². The van der Waals surface area contributed by atoms with Crippen LogP contribution in [-0.2, 0) is 4.79 Å². The molecule has 6 nitrogen and oxygen atoms in total. The van der Waals surface area contributed by atoms with Gasteiger partial charge in [-0.2, -0.15) is 0 Å². The first-order valence-corrected chi connectivity index (χ1v) is 7.41. The highest BCUT2D eigenvalue weighted by Crippen LogP contribution is 2.25. The van der Waals surface area contributed by atoms with E-state index in [1.54, 1.807) is 0 Å². The average molecular weight is 286 g/mol. The molecule has 0 bridgehead atoms. The third-order valence-corrected chi connectivity index (χ3v) is 4.44. The number of carboxylic acid groups (broad SMARTS) is 1.